The molecule has 1 aliphatic heterocycles. The molecule has 5 heteroatoms. The lowest BCUT2D eigenvalue weighted by Crippen LogP contribution is -2.18. The van der Waals surface area contributed by atoms with Crippen molar-refractivity contribution in [2.24, 2.45) is 11.1 Å². The summed E-state index contributed by atoms with van der Waals surface area (Å²) in [5.41, 5.74) is 0.958. The molecule has 2 aliphatic rings. The van der Waals surface area contributed by atoms with Gasteiger partial charge in [-0.25, -0.2) is 0 Å². The van der Waals surface area contributed by atoms with Crippen molar-refractivity contribution in [3.63, 3.8) is 0 Å². The number of benzene rings is 1. The summed E-state index contributed by atoms with van der Waals surface area (Å²) >= 11 is 0. The maximum Gasteiger partial charge on any atom is 0.191 e. The second kappa shape index (κ2) is 8.89. The Balaban J connectivity index is 1.41. The third-order valence-corrected chi connectivity index (χ3v) is 4.25. The van der Waals surface area contributed by atoms with Crippen LogP contribution in [0.3, 0.4) is 0 Å². The summed E-state index contributed by atoms with van der Waals surface area (Å²) in [6.07, 6.45) is 8.03. The van der Waals surface area contributed by atoms with Gasteiger partial charge >= 0.3 is 0 Å². The van der Waals surface area contributed by atoms with Crippen molar-refractivity contribution < 1.29 is 19.0 Å². The van der Waals surface area contributed by atoms with E-state index >= 15 is 0 Å². The zero-order valence-corrected chi connectivity index (χ0v) is 13.5. The van der Waals surface area contributed by atoms with Gasteiger partial charge in [0.1, 0.15) is 19.0 Å². The van der Waals surface area contributed by atoms with Crippen molar-refractivity contribution in [1.29, 1.82) is 0 Å². The Bertz CT molecular complexity index is 494. The summed E-state index contributed by atoms with van der Waals surface area (Å²) in [7, 11) is 0. The quantitative estimate of drug-likeness (QED) is 0.571. The van der Waals surface area contributed by atoms with Crippen LogP contribution in [0, 0.1) is 5.92 Å². The van der Waals surface area contributed by atoms with Gasteiger partial charge in [0.15, 0.2) is 6.29 Å². The van der Waals surface area contributed by atoms with Crippen molar-refractivity contribution in [1.82, 2.24) is 0 Å². The van der Waals surface area contributed by atoms with Crippen LogP contribution in [0.25, 0.3) is 0 Å². The molecule has 1 saturated heterocycles. The molecule has 5 nitrogen and oxygen atoms in total. The first-order valence-corrected chi connectivity index (χ1v) is 8.51. The molecular formula is C18H25NO4. The van der Waals surface area contributed by atoms with Crippen molar-refractivity contribution in [3.8, 4) is 5.75 Å². The van der Waals surface area contributed by atoms with Crippen LogP contribution in [0.4, 0.5) is 0 Å². The Morgan fingerprint density at radius 1 is 1.09 bits per heavy atom. The zero-order chi connectivity index (χ0) is 15.7. The Hall–Kier alpha value is -1.59. The van der Waals surface area contributed by atoms with E-state index in [2.05, 4.69) is 5.16 Å². The van der Waals surface area contributed by atoms with Gasteiger partial charge in [0, 0.05) is 0 Å². The molecule has 126 valence electrons. The van der Waals surface area contributed by atoms with E-state index in [0.717, 1.165) is 17.9 Å². The summed E-state index contributed by atoms with van der Waals surface area (Å²) in [5.74, 6) is 1.45. The number of nitrogens with zero attached hydrogens (tertiary/aromatic N) is 1. The highest BCUT2D eigenvalue weighted by Crippen LogP contribution is 2.23. The van der Waals surface area contributed by atoms with E-state index < -0.39 is 0 Å². The van der Waals surface area contributed by atoms with Crippen LogP contribution < -0.4 is 4.74 Å². The first-order chi connectivity index (χ1) is 11.4. The minimum atomic E-state index is -0.258. The van der Waals surface area contributed by atoms with Crippen LogP contribution in [0.15, 0.2) is 29.4 Å². The predicted molar refractivity (Wildman–Crippen MR) is 87.8 cm³/mol. The number of hydrogen-bond acceptors (Lipinski definition) is 5. The Morgan fingerprint density at radius 3 is 2.74 bits per heavy atom. The summed E-state index contributed by atoms with van der Waals surface area (Å²) in [4.78, 5) is 5.45. The molecule has 3 rings (SSSR count). The highest BCUT2D eigenvalue weighted by molar-refractivity contribution is 5.79. The number of ether oxygens (including phenoxy) is 3. The summed E-state index contributed by atoms with van der Waals surface area (Å²) in [6, 6.07) is 7.76. The molecule has 0 unspecified atom stereocenters. The molecule has 1 saturated carbocycles. The first kappa shape index (κ1) is 16.3. The van der Waals surface area contributed by atoms with E-state index in [1.807, 2.05) is 24.3 Å². The highest BCUT2D eigenvalue weighted by Gasteiger charge is 2.16. The standard InChI is InChI=1S/C18H25NO4/c1-2-5-15(6-3-1)13-23-19-12-16-7-4-8-17(11-16)22-14-18-20-9-10-21-18/h4,7-8,11-12,15,18H,1-3,5-6,9-10,13-14H2/b19-12+. The smallest absolute Gasteiger partial charge is 0.191 e. The van der Waals surface area contributed by atoms with Gasteiger partial charge in [0.05, 0.1) is 19.4 Å². The molecule has 1 aromatic carbocycles. The molecule has 1 aromatic rings. The van der Waals surface area contributed by atoms with Crippen LogP contribution >= 0.6 is 0 Å². The van der Waals surface area contributed by atoms with E-state index in [-0.39, 0.29) is 6.29 Å². The molecule has 0 aromatic heterocycles. The van der Waals surface area contributed by atoms with Gasteiger partial charge < -0.3 is 19.0 Å². The average Bonchev–Trinajstić information content (AvgIpc) is 3.12. The maximum absolute atomic E-state index is 5.68. The van der Waals surface area contributed by atoms with E-state index in [0.29, 0.717) is 25.7 Å². The minimum Gasteiger partial charge on any atom is -0.488 e. The number of hydrogen-bond donors (Lipinski definition) is 0. The number of rotatable bonds is 7. The molecule has 1 heterocycles. The summed E-state index contributed by atoms with van der Waals surface area (Å²) in [5, 5.41) is 4.08. The SMILES string of the molecule is C(=N\OCC1CCCCC1)/c1cccc(OCC2OCCO2)c1. The van der Waals surface area contributed by atoms with Gasteiger partial charge in [-0.15, -0.1) is 0 Å². The molecular weight excluding hydrogens is 294 g/mol. The maximum atomic E-state index is 5.68. The van der Waals surface area contributed by atoms with Crippen LogP contribution in [0.2, 0.25) is 0 Å². The Kier molecular flexibility index (Phi) is 6.29. The molecule has 0 radical (unpaired) electrons. The minimum absolute atomic E-state index is 0.258. The second-order valence-corrected chi connectivity index (χ2v) is 6.09. The molecule has 23 heavy (non-hydrogen) atoms. The fraction of sp³-hybridized carbons (Fsp3) is 0.611. The number of oxime groups is 1. The first-order valence-electron chi connectivity index (χ1n) is 8.51. The van der Waals surface area contributed by atoms with Gasteiger partial charge in [-0.3, -0.25) is 0 Å². The topological polar surface area (TPSA) is 49.3 Å². The molecule has 0 bridgehead atoms. The van der Waals surface area contributed by atoms with Crippen LogP contribution in [0.5, 0.6) is 5.75 Å². The normalized spacial score (nSPS) is 20.2. The van der Waals surface area contributed by atoms with Crippen LogP contribution in [-0.2, 0) is 14.3 Å². The largest absolute Gasteiger partial charge is 0.488 e. The lowest BCUT2D eigenvalue weighted by molar-refractivity contribution is -0.0684. The van der Waals surface area contributed by atoms with Crippen LogP contribution in [0.1, 0.15) is 37.7 Å². The zero-order valence-electron chi connectivity index (χ0n) is 13.5. The Morgan fingerprint density at radius 2 is 1.91 bits per heavy atom. The van der Waals surface area contributed by atoms with E-state index in [9.17, 15) is 0 Å². The molecule has 0 amide bonds. The van der Waals surface area contributed by atoms with Gasteiger partial charge in [-0.1, -0.05) is 36.6 Å². The van der Waals surface area contributed by atoms with Gasteiger partial charge in [-0.2, -0.15) is 0 Å². The van der Waals surface area contributed by atoms with E-state index in [4.69, 9.17) is 19.0 Å². The molecule has 0 spiro atoms. The van der Waals surface area contributed by atoms with Crippen LogP contribution in [-0.4, -0.2) is 38.9 Å². The third-order valence-electron chi connectivity index (χ3n) is 4.25. The molecule has 0 N–H and O–H groups in total. The van der Waals surface area contributed by atoms with E-state index in [1.54, 1.807) is 6.21 Å². The molecule has 2 fully saturated rings. The van der Waals surface area contributed by atoms with Gasteiger partial charge in [0.2, 0.25) is 0 Å². The summed E-state index contributed by atoms with van der Waals surface area (Å²) in [6.45, 7) is 2.40. The van der Waals surface area contributed by atoms with E-state index in [1.165, 1.54) is 32.1 Å². The lowest BCUT2D eigenvalue weighted by Gasteiger charge is -2.19. The summed E-state index contributed by atoms with van der Waals surface area (Å²) < 4.78 is 16.4. The lowest BCUT2D eigenvalue weighted by atomic mass is 9.90. The predicted octanol–water partition coefficient (Wildman–Crippen LogP) is 3.37. The average molecular weight is 319 g/mol. The Labute approximate surface area is 137 Å². The fourth-order valence-corrected chi connectivity index (χ4v) is 2.95. The highest BCUT2D eigenvalue weighted by atomic mass is 16.7. The van der Waals surface area contributed by atoms with Crippen molar-refractivity contribution in [3.05, 3.63) is 29.8 Å². The monoisotopic (exact) mass is 319 g/mol. The second-order valence-electron chi connectivity index (χ2n) is 6.09. The molecule has 1 aliphatic carbocycles. The van der Waals surface area contributed by atoms with Gasteiger partial charge in [0.25, 0.3) is 0 Å². The van der Waals surface area contributed by atoms with Crippen molar-refractivity contribution in [2.75, 3.05) is 26.4 Å². The van der Waals surface area contributed by atoms with Crippen molar-refractivity contribution in [2.45, 2.75) is 38.4 Å². The van der Waals surface area contributed by atoms with Gasteiger partial charge in [-0.05, 0) is 36.5 Å². The molecule has 0 atom stereocenters. The van der Waals surface area contributed by atoms with Crippen molar-refractivity contribution >= 4 is 6.21 Å². The third kappa shape index (κ3) is 5.52. The fourth-order valence-electron chi connectivity index (χ4n) is 2.95.